The van der Waals surface area contributed by atoms with E-state index in [-0.39, 0.29) is 0 Å². The molecule has 1 aliphatic rings. The maximum absolute atomic E-state index is 5.54. The zero-order chi connectivity index (χ0) is 12.4. The van der Waals surface area contributed by atoms with Gasteiger partial charge in [-0.05, 0) is 7.05 Å². The quantitative estimate of drug-likeness (QED) is 0.889. The molecule has 0 radical (unpaired) electrons. The molecule has 5 nitrogen and oxygen atoms in total. The molecular formula is C12H18N4OS. The van der Waals surface area contributed by atoms with Crippen LogP contribution in [0.5, 0.6) is 0 Å². The number of morpholine rings is 1. The van der Waals surface area contributed by atoms with E-state index in [0.29, 0.717) is 6.04 Å². The van der Waals surface area contributed by atoms with Gasteiger partial charge in [0.1, 0.15) is 0 Å². The van der Waals surface area contributed by atoms with Crippen molar-refractivity contribution in [1.29, 1.82) is 0 Å². The molecule has 1 aliphatic heterocycles. The molecule has 2 aromatic rings. The summed E-state index contributed by atoms with van der Waals surface area (Å²) in [6, 6.07) is 0.448. The van der Waals surface area contributed by atoms with Crippen molar-refractivity contribution >= 4 is 16.3 Å². The zero-order valence-electron chi connectivity index (χ0n) is 10.5. The first kappa shape index (κ1) is 12.1. The lowest BCUT2D eigenvalue weighted by molar-refractivity contribution is -0.0108. The van der Waals surface area contributed by atoms with Crippen molar-refractivity contribution in [3.8, 4) is 0 Å². The summed E-state index contributed by atoms with van der Waals surface area (Å²) in [6.07, 6.45) is 4.18. The van der Waals surface area contributed by atoms with E-state index in [4.69, 9.17) is 4.74 Å². The van der Waals surface area contributed by atoms with Gasteiger partial charge in [-0.25, -0.2) is 4.98 Å². The van der Waals surface area contributed by atoms with Crippen LogP contribution in [0.4, 0.5) is 0 Å². The van der Waals surface area contributed by atoms with E-state index in [0.717, 1.165) is 43.5 Å². The monoisotopic (exact) mass is 266 g/mol. The molecule has 3 rings (SSSR count). The number of nitrogens with one attached hydrogen (secondary N) is 1. The molecule has 1 saturated heterocycles. The molecule has 98 valence electrons. The summed E-state index contributed by atoms with van der Waals surface area (Å²) < 4.78 is 7.63. The van der Waals surface area contributed by atoms with Gasteiger partial charge in [-0.2, -0.15) is 0 Å². The van der Waals surface area contributed by atoms with Gasteiger partial charge < -0.3 is 10.1 Å². The van der Waals surface area contributed by atoms with Gasteiger partial charge in [-0.1, -0.05) is 0 Å². The number of nitrogens with zero attached hydrogens (tertiary/aromatic N) is 3. The highest BCUT2D eigenvalue weighted by Crippen LogP contribution is 2.15. The molecule has 0 bridgehead atoms. The summed E-state index contributed by atoms with van der Waals surface area (Å²) in [5.41, 5.74) is 1.14. The van der Waals surface area contributed by atoms with Crippen molar-refractivity contribution in [2.24, 2.45) is 0 Å². The fourth-order valence-corrected chi connectivity index (χ4v) is 3.10. The third-order valence-corrected chi connectivity index (χ3v) is 4.07. The van der Waals surface area contributed by atoms with E-state index in [1.807, 2.05) is 7.05 Å². The number of hydrogen-bond acceptors (Lipinski definition) is 5. The lowest BCUT2D eigenvalue weighted by Gasteiger charge is -2.34. The number of thiazole rings is 1. The normalized spacial score (nSPS) is 21.7. The average Bonchev–Trinajstić information content (AvgIpc) is 2.92. The lowest BCUT2D eigenvalue weighted by Crippen LogP contribution is -2.49. The second-order valence-corrected chi connectivity index (χ2v) is 5.45. The molecule has 0 amide bonds. The number of aromatic nitrogens is 2. The number of hydrogen-bond donors (Lipinski definition) is 1. The van der Waals surface area contributed by atoms with Crippen LogP contribution in [0.2, 0.25) is 0 Å². The average molecular weight is 266 g/mol. The fourth-order valence-electron chi connectivity index (χ4n) is 2.38. The maximum Gasteiger partial charge on any atom is 0.193 e. The summed E-state index contributed by atoms with van der Waals surface area (Å²) in [6.45, 7) is 4.48. The zero-order valence-corrected chi connectivity index (χ0v) is 11.3. The molecule has 0 spiro atoms. The molecule has 1 unspecified atom stereocenters. The van der Waals surface area contributed by atoms with E-state index < -0.39 is 0 Å². The molecule has 18 heavy (non-hydrogen) atoms. The van der Waals surface area contributed by atoms with Gasteiger partial charge in [0, 0.05) is 43.4 Å². The number of rotatable bonds is 4. The summed E-state index contributed by atoms with van der Waals surface area (Å²) in [4.78, 5) is 8.16. The van der Waals surface area contributed by atoms with Crippen LogP contribution in [0.3, 0.4) is 0 Å². The first-order valence-corrected chi connectivity index (χ1v) is 7.12. The van der Waals surface area contributed by atoms with Gasteiger partial charge in [0.15, 0.2) is 4.96 Å². The van der Waals surface area contributed by atoms with E-state index in [2.05, 4.69) is 37.4 Å². The third-order valence-electron chi connectivity index (χ3n) is 3.30. The van der Waals surface area contributed by atoms with Crippen LogP contribution in [0.1, 0.15) is 5.69 Å². The van der Waals surface area contributed by atoms with E-state index in [9.17, 15) is 0 Å². The molecule has 6 heteroatoms. The number of fused-ring (bicyclic) bond motifs is 1. The molecular weight excluding hydrogens is 248 g/mol. The standard InChI is InChI=1S/C12H18N4OS/c1-13-6-11-9-17-4-2-15(11)7-10-8-16-3-5-18-12(16)14-10/h3,5,8,11,13H,2,4,6-7,9H2,1H3. The molecule has 1 N–H and O–H groups in total. The predicted octanol–water partition coefficient (Wildman–Crippen LogP) is 0.816. The topological polar surface area (TPSA) is 41.8 Å². The lowest BCUT2D eigenvalue weighted by atomic mass is 10.2. The predicted molar refractivity (Wildman–Crippen MR) is 72.0 cm³/mol. The molecule has 2 aromatic heterocycles. The van der Waals surface area contributed by atoms with Crippen molar-refractivity contribution in [1.82, 2.24) is 19.6 Å². The maximum atomic E-state index is 5.54. The van der Waals surface area contributed by atoms with Crippen LogP contribution >= 0.6 is 11.3 Å². The van der Waals surface area contributed by atoms with Crippen molar-refractivity contribution in [3.63, 3.8) is 0 Å². The van der Waals surface area contributed by atoms with Gasteiger partial charge in [0.25, 0.3) is 0 Å². The van der Waals surface area contributed by atoms with Gasteiger partial charge in [0.05, 0.1) is 18.9 Å². The Morgan fingerprint density at radius 3 is 3.39 bits per heavy atom. The Hall–Kier alpha value is -0.950. The summed E-state index contributed by atoms with van der Waals surface area (Å²) in [5.74, 6) is 0. The Morgan fingerprint density at radius 1 is 1.61 bits per heavy atom. The van der Waals surface area contributed by atoms with Crippen molar-refractivity contribution < 1.29 is 4.74 Å². The highest BCUT2D eigenvalue weighted by molar-refractivity contribution is 7.15. The van der Waals surface area contributed by atoms with E-state index in [1.54, 1.807) is 11.3 Å². The number of imidazole rings is 1. The van der Waals surface area contributed by atoms with Crippen molar-refractivity contribution in [2.45, 2.75) is 12.6 Å². The second-order valence-electron chi connectivity index (χ2n) is 4.58. The third kappa shape index (κ3) is 2.42. The Morgan fingerprint density at radius 2 is 2.56 bits per heavy atom. The molecule has 0 aliphatic carbocycles. The van der Waals surface area contributed by atoms with Crippen LogP contribution in [0, 0.1) is 0 Å². The summed E-state index contributed by atoms with van der Waals surface area (Å²) >= 11 is 1.68. The van der Waals surface area contributed by atoms with Gasteiger partial charge in [0.2, 0.25) is 0 Å². The summed E-state index contributed by atoms with van der Waals surface area (Å²) in [7, 11) is 1.99. The first-order valence-electron chi connectivity index (χ1n) is 6.24. The highest BCUT2D eigenvalue weighted by atomic mass is 32.1. The van der Waals surface area contributed by atoms with Crippen molar-refractivity contribution in [2.75, 3.05) is 33.4 Å². The molecule has 0 aromatic carbocycles. The first-order chi connectivity index (χ1) is 8.86. The van der Waals surface area contributed by atoms with Crippen molar-refractivity contribution in [3.05, 3.63) is 23.5 Å². The Labute approximate surface area is 110 Å². The molecule has 1 fully saturated rings. The minimum absolute atomic E-state index is 0.448. The van der Waals surface area contributed by atoms with Crippen LogP contribution in [-0.2, 0) is 11.3 Å². The largest absolute Gasteiger partial charge is 0.378 e. The molecule has 0 saturated carbocycles. The van der Waals surface area contributed by atoms with Crippen LogP contribution < -0.4 is 5.32 Å². The van der Waals surface area contributed by atoms with Crippen LogP contribution in [-0.4, -0.2) is 53.7 Å². The second kappa shape index (κ2) is 5.36. The van der Waals surface area contributed by atoms with E-state index in [1.165, 1.54) is 0 Å². The summed E-state index contributed by atoms with van der Waals surface area (Å²) in [5, 5.41) is 5.29. The molecule has 1 atom stereocenters. The smallest absolute Gasteiger partial charge is 0.193 e. The Balaban J connectivity index is 1.71. The van der Waals surface area contributed by atoms with Crippen LogP contribution in [0.15, 0.2) is 17.8 Å². The Kier molecular flexibility index (Phi) is 3.60. The van der Waals surface area contributed by atoms with Gasteiger partial charge in [-0.15, -0.1) is 11.3 Å². The number of ether oxygens (including phenoxy) is 1. The number of likely N-dealkylation sites (N-methyl/N-ethyl adjacent to an activating group) is 1. The minimum atomic E-state index is 0.448. The van der Waals surface area contributed by atoms with Crippen LogP contribution in [0.25, 0.3) is 4.96 Å². The van der Waals surface area contributed by atoms with Gasteiger partial charge in [-0.3, -0.25) is 9.30 Å². The minimum Gasteiger partial charge on any atom is -0.378 e. The Bertz CT molecular complexity index is 478. The SMILES string of the molecule is CNCC1COCCN1Cc1cn2ccsc2n1. The fraction of sp³-hybridized carbons (Fsp3) is 0.583. The highest BCUT2D eigenvalue weighted by Gasteiger charge is 2.23. The van der Waals surface area contributed by atoms with Gasteiger partial charge >= 0.3 is 0 Å². The molecule has 3 heterocycles. The van der Waals surface area contributed by atoms with E-state index >= 15 is 0 Å².